The molecule has 7 nitrogen and oxygen atoms in total. The van der Waals surface area contributed by atoms with Crippen molar-refractivity contribution >= 4 is 12.2 Å². The number of aromatic nitrogens is 2. The summed E-state index contributed by atoms with van der Waals surface area (Å²) in [5.74, 6) is -0.106. The highest BCUT2D eigenvalue weighted by Crippen LogP contribution is 2.26. The number of fused-ring (bicyclic) bond motifs is 1. The number of aromatic amines is 1. The molecule has 3 aromatic rings. The molecule has 7 heteroatoms. The monoisotopic (exact) mass is 361 g/mol. The zero-order chi connectivity index (χ0) is 19.0. The fraction of sp³-hybridized carbons (Fsp3) is 0.0500. The minimum absolute atomic E-state index is 0.0664. The number of ether oxygens (including phenoxy) is 1. The number of benzene rings is 2. The van der Waals surface area contributed by atoms with E-state index in [2.05, 4.69) is 9.98 Å². The van der Waals surface area contributed by atoms with E-state index in [1.54, 1.807) is 30.3 Å². The second-order valence-corrected chi connectivity index (χ2v) is 5.89. The van der Waals surface area contributed by atoms with Gasteiger partial charge in [-0.05, 0) is 30.4 Å². The van der Waals surface area contributed by atoms with E-state index in [4.69, 9.17) is 4.74 Å². The molecular formula is C20H15N3O4. The van der Waals surface area contributed by atoms with Gasteiger partial charge in [0.2, 0.25) is 5.88 Å². The summed E-state index contributed by atoms with van der Waals surface area (Å²) in [5.41, 5.74) is -0.713. The quantitative estimate of drug-likeness (QED) is 0.718. The Hall–Kier alpha value is -3.87. The van der Waals surface area contributed by atoms with Gasteiger partial charge in [-0.3, -0.25) is 9.78 Å². The SMILES string of the molecule is COc1ccccc1-n1c(O)c(C=C2C=c3ccccc3=N2)c(=O)[nH]c1=O. The van der Waals surface area contributed by atoms with Gasteiger partial charge in [-0.1, -0.05) is 30.3 Å². The van der Waals surface area contributed by atoms with Crippen molar-refractivity contribution in [2.24, 2.45) is 4.99 Å². The molecule has 2 aromatic carbocycles. The van der Waals surface area contributed by atoms with Crippen LogP contribution in [0.15, 0.2) is 68.8 Å². The average molecular weight is 361 g/mol. The van der Waals surface area contributed by atoms with Gasteiger partial charge in [-0.15, -0.1) is 0 Å². The molecule has 1 aliphatic heterocycles. The van der Waals surface area contributed by atoms with Gasteiger partial charge in [0.25, 0.3) is 5.56 Å². The summed E-state index contributed by atoms with van der Waals surface area (Å²) in [7, 11) is 1.46. The zero-order valence-electron chi connectivity index (χ0n) is 14.3. The minimum Gasteiger partial charge on any atom is -0.495 e. The lowest BCUT2D eigenvalue weighted by Gasteiger charge is -2.13. The van der Waals surface area contributed by atoms with E-state index in [0.717, 1.165) is 15.1 Å². The largest absolute Gasteiger partial charge is 0.495 e. The molecule has 27 heavy (non-hydrogen) atoms. The molecule has 0 fully saturated rings. The Labute approximate surface area is 152 Å². The second-order valence-electron chi connectivity index (χ2n) is 5.89. The first-order valence-electron chi connectivity index (χ1n) is 8.17. The smallest absolute Gasteiger partial charge is 0.335 e. The summed E-state index contributed by atoms with van der Waals surface area (Å²) >= 11 is 0. The van der Waals surface area contributed by atoms with Gasteiger partial charge in [0, 0.05) is 5.22 Å². The fourth-order valence-corrected chi connectivity index (χ4v) is 2.97. The van der Waals surface area contributed by atoms with E-state index < -0.39 is 17.1 Å². The second kappa shape index (κ2) is 6.45. The van der Waals surface area contributed by atoms with Crippen molar-refractivity contribution in [1.29, 1.82) is 0 Å². The van der Waals surface area contributed by atoms with Crippen LogP contribution in [0, 0.1) is 0 Å². The Morgan fingerprint density at radius 3 is 2.63 bits per heavy atom. The maximum Gasteiger partial charge on any atom is 0.335 e. The number of hydrogen-bond acceptors (Lipinski definition) is 5. The molecule has 0 atom stereocenters. The normalized spacial score (nSPS) is 13.7. The minimum atomic E-state index is -0.764. The molecule has 0 radical (unpaired) electrons. The molecule has 0 aliphatic carbocycles. The maximum atomic E-state index is 12.3. The van der Waals surface area contributed by atoms with Gasteiger partial charge in [-0.25, -0.2) is 14.4 Å². The Balaban J connectivity index is 1.94. The number of para-hydroxylation sites is 3. The van der Waals surface area contributed by atoms with Crippen LogP contribution in [-0.4, -0.2) is 21.8 Å². The highest BCUT2D eigenvalue weighted by atomic mass is 16.5. The van der Waals surface area contributed by atoms with Crippen LogP contribution >= 0.6 is 0 Å². The molecule has 2 heterocycles. The zero-order valence-corrected chi connectivity index (χ0v) is 14.3. The molecule has 0 unspecified atom stereocenters. The number of methoxy groups -OCH3 is 1. The van der Waals surface area contributed by atoms with Gasteiger partial charge in [0.1, 0.15) is 11.3 Å². The first-order chi connectivity index (χ1) is 13.1. The molecule has 0 bridgehead atoms. The molecule has 134 valence electrons. The highest BCUT2D eigenvalue weighted by molar-refractivity contribution is 5.68. The Morgan fingerprint density at radius 2 is 1.85 bits per heavy atom. The topological polar surface area (TPSA) is 96.7 Å². The lowest BCUT2D eigenvalue weighted by atomic mass is 10.2. The predicted molar refractivity (Wildman–Crippen MR) is 101 cm³/mol. The van der Waals surface area contributed by atoms with Gasteiger partial charge in [0.05, 0.1) is 23.9 Å². The molecule has 0 saturated carbocycles. The van der Waals surface area contributed by atoms with Gasteiger partial charge in [0.15, 0.2) is 0 Å². The Bertz CT molecular complexity index is 1280. The lowest BCUT2D eigenvalue weighted by Crippen LogP contribution is -2.30. The average Bonchev–Trinajstić information content (AvgIpc) is 3.08. The van der Waals surface area contributed by atoms with Crippen LogP contribution in [0.5, 0.6) is 11.6 Å². The highest BCUT2D eigenvalue weighted by Gasteiger charge is 2.17. The van der Waals surface area contributed by atoms with E-state index in [9.17, 15) is 14.7 Å². The van der Waals surface area contributed by atoms with Crippen molar-refractivity contribution in [2.45, 2.75) is 0 Å². The third-order valence-electron chi connectivity index (χ3n) is 4.23. The molecule has 0 amide bonds. The van der Waals surface area contributed by atoms with Crippen molar-refractivity contribution < 1.29 is 9.84 Å². The molecule has 0 saturated heterocycles. The number of rotatable bonds is 3. The number of nitrogens with one attached hydrogen (secondary N) is 1. The number of allylic oxidation sites excluding steroid dienone is 1. The summed E-state index contributed by atoms with van der Waals surface area (Å²) in [6.07, 6.45) is 3.24. The van der Waals surface area contributed by atoms with Gasteiger partial charge in [-0.2, -0.15) is 0 Å². The van der Waals surface area contributed by atoms with Crippen LogP contribution in [-0.2, 0) is 0 Å². The number of nitrogens with zero attached hydrogens (tertiary/aromatic N) is 2. The first kappa shape index (κ1) is 16.6. The van der Waals surface area contributed by atoms with Crippen LogP contribution in [0.1, 0.15) is 5.56 Å². The number of H-pyrrole nitrogens is 1. The molecule has 1 aromatic heterocycles. The summed E-state index contributed by atoms with van der Waals surface area (Å²) in [6, 6.07) is 14.2. The van der Waals surface area contributed by atoms with Crippen LogP contribution in [0.25, 0.3) is 17.8 Å². The lowest BCUT2D eigenvalue weighted by molar-refractivity contribution is 0.401. The summed E-state index contributed by atoms with van der Waals surface area (Å²) < 4.78 is 6.25. The molecule has 4 rings (SSSR count). The Kier molecular flexibility index (Phi) is 3.97. The number of aromatic hydroxyl groups is 1. The van der Waals surface area contributed by atoms with E-state index in [1.807, 2.05) is 24.3 Å². The van der Waals surface area contributed by atoms with Gasteiger partial charge < -0.3 is 9.84 Å². The van der Waals surface area contributed by atoms with Crippen LogP contribution in [0.2, 0.25) is 0 Å². The molecule has 1 aliphatic rings. The maximum absolute atomic E-state index is 12.3. The summed E-state index contributed by atoms with van der Waals surface area (Å²) in [6.45, 7) is 0. The Morgan fingerprint density at radius 1 is 1.11 bits per heavy atom. The third-order valence-corrected chi connectivity index (χ3v) is 4.23. The van der Waals surface area contributed by atoms with E-state index in [-0.39, 0.29) is 5.56 Å². The van der Waals surface area contributed by atoms with E-state index >= 15 is 0 Å². The molecule has 2 N–H and O–H groups in total. The fourth-order valence-electron chi connectivity index (χ4n) is 2.97. The molecular weight excluding hydrogens is 346 g/mol. The van der Waals surface area contributed by atoms with Crippen molar-refractivity contribution in [1.82, 2.24) is 9.55 Å². The summed E-state index contributed by atoms with van der Waals surface area (Å²) in [4.78, 5) is 31.3. The summed E-state index contributed by atoms with van der Waals surface area (Å²) in [5, 5.41) is 12.4. The van der Waals surface area contributed by atoms with E-state index in [1.165, 1.54) is 13.2 Å². The van der Waals surface area contributed by atoms with Crippen LogP contribution in [0.4, 0.5) is 0 Å². The van der Waals surface area contributed by atoms with Gasteiger partial charge >= 0.3 is 5.69 Å². The third kappa shape index (κ3) is 2.85. The van der Waals surface area contributed by atoms with Crippen molar-refractivity contribution in [3.05, 3.63) is 91.2 Å². The van der Waals surface area contributed by atoms with Crippen LogP contribution < -0.4 is 26.6 Å². The standard InChI is InChI=1S/C20H15N3O4/c1-27-17-9-5-4-8-16(17)23-19(25)14(18(24)22-20(23)26)11-13-10-12-6-2-3-7-15(12)21-13/h2-11,25H,1H3,(H,22,24,26). The first-order valence-corrected chi connectivity index (χ1v) is 8.17. The van der Waals surface area contributed by atoms with Crippen molar-refractivity contribution in [3.63, 3.8) is 0 Å². The molecule has 0 spiro atoms. The van der Waals surface area contributed by atoms with Crippen LogP contribution in [0.3, 0.4) is 0 Å². The predicted octanol–water partition coefficient (Wildman–Crippen LogP) is 0.695. The van der Waals surface area contributed by atoms with Crippen molar-refractivity contribution in [2.75, 3.05) is 7.11 Å². The van der Waals surface area contributed by atoms with Crippen molar-refractivity contribution in [3.8, 4) is 17.3 Å². The van der Waals surface area contributed by atoms with E-state index in [0.29, 0.717) is 17.1 Å². The number of hydrogen-bond donors (Lipinski definition) is 2.